The molecule has 112 valence electrons. The molecule has 0 radical (unpaired) electrons. The lowest BCUT2D eigenvalue weighted by Crippen LogP contribution is -2.42. The second-order valence-corrected chi connectivity index (χ2v) is 6.63. The highest BCUT2D eigenvalue weighted by Crippen LogP contribution is 2.27. The predicted octanol–water partition coefficient (Wildman–Crippen LogP) is 4.15. The maximum atomic E-state index is 5.83. The van der Waals surface area contributed by atoms with Crippen LogP contribution in [-0.4, -0.2) is 6.04 Å². The second-order valence-electron chi connectivity index (χ2n) is 6.63. The number of nitrogens with one attached hydrogen (secondary N) is 1. The molecule has 0 bridgehead atoms. The number of hydrazine groups is 1. The van der Waals surface area contributed by atoms with Gasteiger partial charge < -0.3 is 0 Å². The van der Waals surface area contributed by atoms with E-state index in [2.05, 4.69) is 43.5 Å². The first-order valence-corrected chi connectivity index (χ1v) is 8.25. The van der Waals surface area contributed by atoms with Crippen LogP contribution in [-0.2, 0) is 6.42 Å². The van der Waals surface area contributed by atoms with Crippen molar-refractivity contribution >= 4 is 0 Å². The average Bonchev–Trinajstić information content (AvgIpc) is 2.74. The van der Waals surface area contributed by atoms with Gasteiger partial charge in [0.05, 0.1) is 0 Å². The van der Waals surface area contributed by atoms with Gasteiger partial charge in [0.25, 0.3) is 0 Å². The molecular weight excluding hydrogens is 244 g/mol. The van der Waals surface area contributed by atoms with Crippen molar-refractivity contribution < 1.29 is 0 Å². The van der Waals surface area contributed by atoms with Crippen LogP contribution >= 0.6 is 0 Å². The molecule has 0 amide bonds. The third kappa shape index (κ3) is 4.32. The zero-order chi connectivity index (χ0) is 14.4. The molecule has 1 aromatic rings. The van der Waals surface area contributed by atoms with Gasteiger partial charge in [0, 0.05) is 6.04 Å². The van der Waals surface area contributed by atoms with Gasteiger partial charge in [-0.25, -0.2) is 0 Å². The Bertz CT molecular complexity index is 375. The molecule has 0 aliphatic heterocycles. The molecule has 1 aliphatic rings. The van der Waals surface area contributed by atoms with Crippen molar-refractivity contribution in [3.05, 3.63) is 35.4 Å². The Kier molecular flexibility index (Phi) is 6.06. The van der Waals surface area contributed by atoms with Crippen molar-refractivity contribution in [2.24, 2.45) is 11.8 Å². The molecule has 1 unspecified atom stereocenters. The summed E-state index contributed by atoms with van der Waals surface area (Å²) in [6.45, 7) is 4.48. The van der Waals surface area contributed by atoms with Crippen LogP contribution in [0.3, 0.4) is 0 Å². The van der Waals surface area contributed by atoms with Crippen molar-refractivity contribution in [1.82, 2.24) is 5.43 Å². The third-order valence-corrected chi connectivity index (χ3v) is 4.78. The fourth-order valence-corrected chi connectivity index (χ4v) is 3.37. The molecule has 0 heterocycles. The molecule has 1 aliphatic carbocycles. The number of rotatable bonds is 5. The van der Waals surface area contributed by atoms with Gasteiger partial charge in [0.15, 0.2) is 0 Å². The Labute approximate surface area is 124 Å². The van der Waals surface area contributed by atoms with Crippen molar-refractivity contribution in [2.75, 3.05) is 0 Å². The quantitative estimate of drug-likeness (QED) is 0.481. The Morgan fingerprint density at radius 1 is 1.05 bits per heavy atom. The molecule has 3 N–H and O–H groups in total. The highest BCUT2D eigenvalue weighted by Gasteiger charge is 2.21. The fourth-order valence-electron chi connectivity index (χ4n) is 3.37. The highest BCUT2D eigenvalue weighted by atomic mass is 15.2. The summed E-state index contributed by atoms with van der Waals surface area (Å²) in [6, 6.07) is 9.51. The Hall–Kier alpha value is -0.860. The van der Waals surface area contributed by atoms with E-state index in [1.807, 2.05) is 0 Å². The van der Waals surface area contributed by atoms with Gasteiger partial charge in [-0.1, -0.05) is 63.8 Å². The summed E-state index contributed by atoms with van der Waals surface area (Å²) in [5.41, 5.74) is 5.91. The van der Waals surface area contributed by atoms with E-state index in [-0.39, 0.29) is 0 Å². The summed E-state index contributed by atoms with van der Waals surface area (Å²) in [5.74, 6) is 7.18. The zero-order valence-corrected chi connectivity index (χ0v) is 13.1. The van der Waals surface area contributed by atoms with E-state index >= 15 is 0 Å². The topological polar surface area (TPSA) is 38.0 Å². The van der Waals surface area contributed by atoms with Gasteiger partial charge in [-0.15, -0.1) is 0 Å². The minimum atomic E-state index is 0.429. The van der Waals surface area contributed by atoms with Gasteiger partial charge in [-0.3, -0.25) is 11.3 Å². The van der Waals surface area contributed by atoms with Crippen molar-refractivity contribution in [3.8, 4) is 0 Å². The Morgan fingerprint density at radius 3 is 2.15 bits per heavy atom. The highest BCUT2D eigenvalue weighted by molar-refractivity contribution is 5.25. The number of nitrogens with two attached hydrogens (primary N) is 1. The maximum absolute atomic E-state index is 5.83. The molecule has 0 spiro atoms. The minimum absolute atomic E-state index is 0.429. The van der Waals surface area contributed by atoms with E-state index in [0.29, 0.717) is 12.0 Å². The van der Waals surface area contributed by atoms with Crippen LogP contribution in [0, 0.1) is 5.92 Å². The first-order chi connectivity index (χ1) is 9.70. The molecule has 1 fully saturated rings. The normalized spacial score (nSPS) is 19.0. The molecule has 20 heavy (non-hydrogen) atoms. The van der Waals surface area contributed by atoms with Crippen molar-refractivity contribution in [3.63, 3.8) is 0 Å². The minimum Gasteiger partial charge on any atom is -0.271 e. The molecule has 0 saturated heterocycles. The lowest BCUT2D eigenvalue weighted by Gasteiger charge is -2.25. The number of hydrogen-bond donors (Lipinski definition) is 2. The van der Waals surface area contributed by atoms with Gasteiger partial charge in [0.2, 0.25) is 0 Å². The summed E-state index contributed by atoms with van der Waals surface area (Å²) in [6.07, 6.45) is 9.26. The maximum Gasteiger partial charge on any atom is 0.0279 e. The van der Waals surface area contributed by atoms with Gasteiger partial charge >= 0.3 is 0 Å². The monoisotopic (exact) mass is 274 g/mol. The average molecular weight is 274 g/mol. The van der Waals surface area contributed by atoms with Crippen LogP contribution in [0.15, 0.2) is 24.3 Å². The number of benzene rings is 1. The standard InChI is InChI=1S/C18H30N2/c1-14(2)16-11-9-15(10-12-16)13-18(20-19)17-7-5-3-4-6-8-17/h9-12,14,17-18,20H,3-8,13,19H2,1-2H3. The molecule has 0 aromatic heterocycles. The third-order valence-electron chi connectivity index (χ3n) is 4.78. The molecule has 1 aromatic carbocycles. The fraction of sp³-hybridized carbons (Fsp3) is 0.667. The first-order valence-electron chi connectivity index (χ1n) is 8.25. The van der Waals surface area contributed by atoms with Gasteiger partial charge in [-0.05, 0) is 42.2 Å². The van der Waals surface area contributed by atoms with Gasteiger partial charge in [0.1, 0.15) is 0 Å². The summed E-state index contributed by atoms with van der Waals surface area (Å²) >= 11 is 0. The van der Waals surface area contributed by atoms with Crippen LogP contribution < -0.4 is 11.3 Å². The van der Waals surface area contributed by atoms with E-state index in [1.165, 1.54) is 49.7 Å². The molecular formula is C18H30N2. The van der Waals surface area contributed by atoms with Crippen LogP contribution in [0.4, 0.5) is 0 Å². The molecule has 1 atom stereocenters. The summed E-state index contributed by atoms with van der Waals surface area (Å²) in [4.78, 5) is 0. The zero-order valence-electron chi connectivity index (χ0n) is 13.1. The molecule has 2 heteroatoms. The van der Waals surface area contributed by atoms with Crippen LogP contribution in [0.25, 0.3) is 0 Å². The first kappa shape index (κ1) is 15.5. The lowest BCUT2D eigenvalue weighted by molar-refractivity contribution is 0.320. The van der Waals surface area contributed by atoms with Crippen molar-refractivity contribution in [2.45, 2.75) is 70.8 Å². The lowest BCUT2D eigenvalue weighted by atomic mass is 9.87. The summed E-state index contributed by atoms with van der Waals surface area (Å²) in [5, 5.41) is 0. The summed E-state index contributed by atoms with van der Waals surface area (Å²) in [7, 11) is 0. The van der Waals surface area contributed by atoms with E-state index in [0.717, 1.165) is 12.3 Å². The predicted molar refractivity (Wildman–Crippen MR) is 86.5 cm³/mol. The van der Waals surface area contributed by atoms with E-state index in [1.54, 1.807) is 0 Å². The van der Waals surface area contributed by atoms with Crippen molar-refractivity contribution in [1.29, 1.82) is 0 Å². The molecule has 2 rings (SSSR count). The molecule has 2 nitrogen and oxygen atoms in total. The Balaban J connectivity index is 1.97. The SMILES string of the molecule is CC(C)c1ccc(CC(NN)C2CCCCCC2)cc1. The Morgan fingerprint density at radius 2 is 1.65 bits per heavy atom. The van der Waals surface area contributed by atoms with E-state index in [4.69, 9.17) is 5.84 Å². The number of hydrogen-bond acceptors (Lipinski definition) is 2. The van der Waals surface area contributed by atoms with E-state index in [9.17, 15) is 0 Å². The smallest absolute Gasteiger partial charge is 0.0279 e. The van der Waals surface area contributed by atoms with Crippen LogP contribution in [0.2, 0.25) is 0 Å². The van der Waals surface area contributed by atoms with Crippen LogP contribution in [0.5, 0.6) is 0 Å². The summed E-state index contributed by atoms with van der Waals surface area (Å²) < 4.78 is 0. The largest absolute Gasteiger partial charge is 0.271 e. The second kappa shape index (κ2) is 7.80. The van der Waals surface area contributed by atoms with E-state index < -0.39 is 0 Å². The van der Waals surface area contributed by atoms with Gasteiger partial charge in [-0.2, -0.15) is 0 Å². The van der Waals surface area contributed by atoms with Crippen LogP contribution in [0.1, 0.15) is 69.4 Å². The molecule has 1 saturated carbocycles.